The van der Waals surface area contributed by atoms with Gasteiger partial charge in [-0.1, -0.05) is 12.1 Å². The number of phenolic OH excluding ortho intramolecular Hbond substituents is 2. The Balaban J connectivity index is 1.31. The first-order valence-electron chi connectivity index (χ1n) is 12.0. The molecule has 2 amide bonds. The number of benzene rings is 3. The second-order valence-corrected chi connectivity index (χ2v) is 9.10. The molecule has 1 aliphatic carbocycles. The van der Waals surface area contributed by atoms with Crippen LogP contribution < -0.4 is 10.6 Å². The number of aromatic nitrogens is 1. The van der Waals surface area contributed by atoms with Gasteiger partial charge in [0.05, 0.1) is 0 Å². The van der Waals surface area contributed by atoms with Gasteiger partial charge in [-0.15, -0.1) is 0 Å². The smallest absolute Gasteiger partial charge is 0.251 e. The zero-order valence-corrected chi connectivity index (χ0v) is 19.9. The van der Waals surface area contributed by atoms with E-state index >= 15 is 0 Å². The predicted molar refractivity (Wildman–Crippen MR) is 139 cm³/mol. The van der Waals surface area contributed by atoms with E-state index in [1.807, 2.05) is 6.07 Å². The van der Waals surface area contributed by atoms with Crippen molar-refractivity contribution in [3.8, 4) is 11.5 Å². The van der Waals surface area contributed by atoms with Crippen molar-refractivity contribution in [2.75, 3.05) is 6.54 Å². The third-order valence-corrected chi connectivity index (χ3v) is 6.60. The summed E-state index contributed by atoms with van der Waals surface area (Å²) in [5, 5.41) is 26.2. The van der Waals surface area contributed by atoms with Gasteiger partial charge in [0.15, 0.2) is 0 Å². The highest BCUT2D eigenvalue weighted by atomic mass is 19.1. The number of allylic oxidation sites excluding steroid dienone is 1. The van der Waals surface area contributed by atoms with Crippen molar-refractivity contribution in [1.29, 1.82) is 0 Å². The predicted octanol–water partition coefficient (Wildman–Crippen LogP) is 4.21. The molecule has 0 radical (unpaired) electrons. The van der Waals surface area contributed by atoms with Crippen LogP contribution in [0.1, 0.15) is 33.5 Å². The van der Waals surface area contributed by atoms with Crippen molar-refractivity contribution in [2.45, 2.75) is 25.3 Å². The normalized spacial score (nSPS) is 13.2. The lowest BCUT2D eigenvalue weighted by Gasteiger charge is -2.19. The first kappa shape index (κ1) is 24.1. The number of rotatable bonds is 8. The summed E-state index contributed by atoms with van der Waals surface area (Å²) in [4.78, 5) is 29.3. The van der Waals surface area contributed by atoms with Crippen LogP contribution in [-0.2, 0) is 17.6 Å². The number of aromatic hydroxyl groups is 2. The number of nitrogens with one attached hydrogen (secondary N) is 3. The van der Waals surface area contributed by atoms with Gasteiger partial charge < -0.3 is 25.8 Å². The number of hydrogen-bond donors (Lipinski definition) is 5. The number of phenols is 2. The largest absolute Gasteiger partial charge is 0.508 e. The van der Waals surface area contributed by atoms with Crippen molar-refractivity contribution < 1.29 is 24.2 Å². The topological polar surface area (TPSA) is 114 Å². The standard InChI is InChI=1S/C29H26FN3O4/c30-21-6-3-19(4-7-21)28(36)33-27(13-20-16-32-26-10-9-23(35)15-25(20)26)29(37)31-12-11-18-2-1-17-5-8-22(34)14-24(17)18/h2-10,14-16,27,32,34-35H,1,11-13H2,(H,31,37)(H,33,36)/t27-/m0/s1. The van der Waals surface area contributed by atoms with Crippen LogP contribution >= 0.6 is 0 Å². The van der Waals surface area contributed by atoms with Gasteiger partial charge >= 0.3 is 0 Å². The van der Waals surface area contributed by atoms with Gasteiger partial charge in [0.2, 0.25) is 5.91 Å². The maximum atomic E-state index is 13.3. The Hall–Kier alpha value is -4.59. The van der Waals surface area contributed by atoms with Gasteiger partial charge in [-0.2, -0.15) is 0 Å². The molecule has 1 aromatic heterocycles. The monoisotopic (exact) mass is 499 g/mol. The van der Waals surface area contributed by atoms with Crippen molar-refractivity contribution in [1.82, 2.24) is 15.6 Å². The number of halogens is 1. The van der Waals surface area contributed by atoms with E-state index in [1.165, 1.54) is 24.3 Å². The third kappa shape index (κ3) is 5.33. The SMILES string of the molecule is O=C(N[C@@H](Cc1c[nH]c2ccc(O)cc12)C(=O)NCCC1=CCc2ccc(O)cc21)c1ccc(F)cc1. The fourth-order valence-corrected chi connectivity index (χ4v) is 4.67. The van der Waals surface area contributed by atoms with E-state index in [0.717, 1.165) is 39.6 Å². The van der Waals surface area contributed by atoms with Gasteiger partial charge in [0.1, 0.15) is 23.4 Å². The van der Waals surface area contributed by atoms with E-state index in [1.54, 1.807) is 36.5 Å². The van der Waals surface area contributed by atoms with E-state index in [2.05, 4.69) is 21.7 Å². The number of carbonyl (C=O) groups excluding carboxylic acids is 2. The van der Waals surface area contributed by atoms with E-state index < -0.39 is 17.8 Å². The summed E-state index contributed by atoms with van der Waals surface area (Å²) < 4.78 is 13.3. The number of hydrogen-bond acceptors (Lipinski definition) is 4. The Labute approximate surface area is 212 Å². The van der Waals surface area contributed by atoms with Crippen molar-refractivity contribution in [2.24, 2.45) is 0 Å². The van der Waals surface area contributed by atoms with Crippen LogP contribution in [0, 0.1) is 5.82 Å². The quantitative estimate of drug-likeness (QED) is 0.250. The van der Waals surface area contributed by atoms with Crippen molar-refractivity contribution in [3.63, 3.8) is 0 Å². The highest BCUT2D eigenvalue weighted by molar-refractivity contribution is 5.98. The van der Waals surface area contributed by atoms with Gasteiger partial charge in [-0.05, 0) is 89.7 Å². The average molecular weight is 500 g/mol. The van der Waals surface area contributed by atoms with Gasteiger partial charge in [0, 0.05) is 35.6 Å². The van der Waals surface area contributed by atoms with Gasteiger partial charge in [-0.3, -0.25) is 9.59 Å². The lowest BCUT2D eigenvalue weighted by atomic mass is 10.0. The fourth-order valence-electron chi connectivity index (χ4n) is 4.67. The highest BCUT2D eigenvalue weighted by Crippen LogP contribution is 2.32. The molecule has 0 bridgehead atoms. The summed E-state index contributed by atoms with van der Waals surface area (Å²) in [6.07, 6.45) is 5.37. The molecule has 188 valence electrons. The van der Waals surface area contributed by atoms with Crippen LogP contribution in [0.5, 0.6) is 11.5 Å². The molecule has 0 saturated carbocycles. The summed E-state index contributed by atoms with van der Waals surface area (Å²) in [5.74, 6) is -1.02. The Morgan fingerprint density at radius 2 is 1.76 bits per heavy atom. The zero-order valence-electron chi connectivity index (χ0n) is 19.9. The second-order valence-electron chi connectivity index (χ2n) is 9.10. The first-order valence-corrected chi connectivity index (χ1v) is 12.0. The Bertz CT molecular complexity index is 1510. The molecule has 0 saturated heterocycles. The summed E-state index contributed by atoms with van der Waals surface area (Å²) in [6.45, 7) is 0.345. The molecule has 0 spiro atoms. The fraction of sp³-hybridized carbons (Fsp3) is 0.172. The summed E-state index contributed by atoms with van der Waals surface area (Å²) >= 11 is 0. The third-order valence-electron chi connectivity index (χ3n) is 6.60. The summed E-state index contributed by atoms with van der Waals surface area (Å²) in [6, 6.07) is 14.4. The molecule has 7 nitrogen and oxygen atoms in total. The van der Waals surface area contributed by atoms with Crippen LogP contribution in [0.15, 0.2) is 72.9 Å². The minimum Gasteiger partial charge on any atom is -0.508 e. The molecule has 5 rings (SSSR count). The molecule has 37 heavy (non-hydrogen) atoms. The zero-order chi connectivity index (χ0) is 25.9. The molecular weight excluding hydrogens is 473 g/mol. The lowest BCUT2D eigenvalue weighted by Crippen LogP contribution is -2.48. The summed E-state index contributed by atoms with van der Waals surface area (Å²) in [7, 11) is 0. The minimum atomic E-state index is -0.909. The number of fused-ring (bicyclic) bond motifs is 2. The van der Waals surface area contributed by atoms with E-state index in [-0.39, 0.29) is 29.4 Å². The van der Waals surface area contributed by atoms with E-state index in [4.69, 9.17) is 0 Å². The van der Waals surface area contributed by atoms with E-state index in [9.17, 15) is 24.2 Å². The van der Waals surface area contributed by atoms with Crippen molar-refractivity contribution >= 4 is 28.3 Å². The van der Waals surface area contributed by atoms with Crippen LogP contribution in [0.4, 0.5) is 4.39 Å². The lowest BCUT2D eigenvalue weighted by molar-refractivity contribution is -0.122. The van der Waals surface area contributed by atoms with Crippen LogP contribution in [0.3, 0.4) is 0 Å². The molecule has 0 fully saturated rings. The molecule has 3 aromatic carbocycles. The van der Waals surface area contributed by atoms with Crippen LogP contribution in [0.25, 0.3) is 16.5 Å². The number of amides is 2. The summed E-state index contributed by atoms with van der Waals surface area (Å²) in [5.41, 5.74) is 4.95. The first-order chi connectivity index (χ1) is 17.9. The molecule has 8 heteroatoms. The van der Waals surface area contributed by atoms with Crippen LogP contribution in [0.2, 0.25) is 0 Å². The molecule has 4 aromatic rings. The van der Waals surface area contributed by atoms with Gasteiger partial charge in [0.25, 0.3) is 5.91 Å². The Morgan fingerprint density at radius 3 is 2.57 bits per heavy atom. The molecule has 1 atom stereocenters. The average Bonchev–Trinajstić information content (AvgIpc) is 3.47. The van der Waals surface area contributed by atoms with Gasteiger partial charge in [-0.25, -0.2) is 4.39 Å². The molecule has 1 heterocycles. The Kier molecular flexibility index (Phi) is 6.64. The second kappa shape index (κ2) is 10.2. The molecule has 1 aliphatic rings. The van der Waals surface area contributed by atoms with Crippen LogP contribution in [-0.4, -0.2) is 39.6 Å². The number of aromatic amines is 1. The molecule has 0 aliphatic heterocycles. The van der Waals surface area contributed by atoms with E-state index in [0.29, 0.717) is 13.0 Å². The van der Waals surface area contributed by atoms with Crippen molar-refractivity contribution in [3.05, 3.63) is 101 Å². The molecule has 5 N–H and O–H groups in total. The number of carbonyl (C=O) groups is 2. The Morgan fingerprint density at radius 1 is 1.00 bits per heavy atom. The molecular formula is C29H26FN3O4. The maximum Gasteiger partial charge on any atom is 0.251 e. The highest BCUT2D eigenvalue weighted by Gasteiger charge is 2.24. The number of H-pyrrole nitrogens is 1. The maximum absolute atomic E-state index is 13.3. The molecule has 0 unspecified atom stereocenters. The minimum absolute atomic E-state index is 0.0980.